The zero-order valence-electron chi connectivity index (χ0n) is 16.2. The van der Waals surface area contributed by atoms with Gasteiger partial charge < -0.3 is 10.3 Å². The number of thioether (sulfide) groups is 1. The van der Waals surface area contributed by atoms with Crippen LogP contribution in [0, 0.1) is 0 Å². The summed E-state index contributed by atoms with van der Waals surface area (Å²) < 4.78 is 7.63. The molecule has 0 unspecified atom stereocenters. The smallest absolute Gasteiger partial charge is 0.293 e. The Labute approximate surface area is 193 Å². The zero-order valence-corrected chi connectivity index (χ0v) is 18.5. The highest BCUT2D eigenvalue weighted by atomic mass is 35.5. The number of nitrogens with one attached hydrogen (secondary N) is 1. The highest BCUT2D eigenvalue weighted by Crippen LogP contribution is 2.24. The average molecular weight is 494 g/mol. The Hall–Kier alpha value is -3.49. The summed E-state index contributed by atoms with van der Waals surface area (Å²) in [6, 6.07) is 4.89. The number of hydrogen-bond donors (Lipinski definition) is 2. The molecule has 0 spiro atoms. The normalized spacial score (nSPS) is 11.3. The van der Waals surface area contributed by atoms with E-state index >= 15 is 0 Å². The Morgan fingerprint density at radius 2 is 2.19 bits per heavy atom. The molecule has 3 heterocycles. The molecule has 164 valence electrons. The molecule has 0 saturated heterocycles. The van der Waals surface area contributed by atoms with Gasteiger partial charge in [0.25, 0.3) is 5.91 Å². The first-order chi connectivity index (χ1) is 15.4. The minimum Gasteiger partial charge on any atom is -0.378 e. The van der Waals surface area contributed by atoms with Gasteiger partial charge in [-0.15, -0.1) is 15.3 Å². The Kier molecular flexibility index (Phi) is 6.34. The number of anilines is 1. The van der Waals surface area contributed by atoms with Crippen LogP contribution < -0.4 is 11.2 Å². The second-order valence-corrected chi connectivity index (χ2v) is 7.93. The number of amides is 1. The lowest BCUT2D eigenvalue weighted by atomic mass is 10.2. The summed E-state index contributed by atoms with van der Waals surface area (Å²) in [6.07, 6.45) is 2.94. The first-order valence-electron chi connectivity index (χ1n) is 8.72. The fourth-order valence-electron chi connectivity index (χ4n) is 2.47. The first-order valence-corrected chi connectivity index (χ1v) is 10.5. The number of carbonyl (C=O) groups excluding carboxylic acids is 1. The van der Waals surface area contributed by atoms with E-state index in [-0.39, 0.29) is 23.1 Å². The molecule has 0 radical (unpaired) electrons. The van der Waals surface area contributed by atoms with Crippen molar-refractivity contribution in [2.45, 2.75) is 10.9 Å². The maximum absolute atomic E-state index is 12.8. The van der Waals surface area contributed by atoms with E-state index in [0.717, 1.165) is 0 Å². The van der Waals surface area contributed by atoms with Gasteiger partial charge >= 0.3 is 0 Å². The Balaban J connectivity index is 1.58. The number of aryl methyl sites for hydroxylation is 1. The molecule has 1 aromatic carbocycles. The molecule has 0 saturated carbocycles. The minimum atomic E-state index is -0.610. The summed E-state index contributed by atoms with van der Waals surface area (Å²) in [5, 5.41) is 28.4. The van der Waals surface area contributed by atoms with Crippen LogP contribution >= 0.6 is 35.0 Å². The van der Waals surface area contributed by atoms with Crippen molar-refractivity contribution in [1.82, 2.24) is 45.5 Å². The van der Waals surface area contributed by atoms with Crippen molar-refractivity contribution in [3.63, 3.8) is 0 Å². The lowest BCUT2D eigenvalue weighted by Gasteiger charge is -2.05. The van der Waals surface area contributed by atoms with Crippen LogP contribution in [0.2, 0.25) is 10.0 Å². The molecule has 0 aliphatic rings. The lowest BCUT2D eigenvalue weighted by Crippen LogP contribution is -2.20. The van der Waals surface area contributed by atoms with Crippen LogP contribution in [0.15, 0.2) is 39.4 Å². The fraction of sp³-hybridized carbons (Fsp3) is 0.125. The molecule has 0 bridgehead atoms. The van der Waals surface area contributed by atoms with Crippen LogP contribution in [0.1, 0.15) is 21.7 Å². The minimum absolute atomic E-state index is 0.00132. The number of nitrogen functional groups attached to an aromatic ring is 1. The van der Waals surface area contributed by atoms with Crippen LogP contribution in [0.25, 0.3) is 5.82 Å². The van der Waals surface area contributed by atoms with Crippen molar-refractivity contribution in [3.05, 3.63) is 51.5 Å². The molecular weight excluding hydrogens is 481 g/mol. The van der Waals surface area contributed by atoms with Crippen LogP contribution in [0.4, 0.5) is 5.82 Å². The van der Waals surface area contributed by atoms with E-state index in [0.29, 0.717) is 26.5 Å². The van der Waals surface area contributed by atoms with Gasteiger partial charge in [-0.05, 0) is 22.4 Å². The summed E-state index contributed by atoms with van der Waals surface area (Å²) in [5.74, 6) is -0.286. The second kappa shape index (κ2) is 9.33. The number of carbonyl (C=O) groups is 1. The quantitative estimate of drug-likeness (QED) is 0.219. The zero-order chi connectivity index (χ0) is 22.7. The molecule has 3 aromatic heterocycles. The van der Waals surface area contributed by atoms with Gasteiger partial charge in [0.15, 0.2) is 10.9 Å². The second-order valence-electron chi connectivity index (χ2n) is 6.15. The molecule has 3 N–H and O–H groups in total. The summed E-state index contributed by atoms with van der Waals surface area (Å²) in [5.41, 5.74) is 9.12. The van der Waals surface area contributed by atoms with Gasteiger partial charge in [-0.25, -0.2) is 10.1 Å². The van der Waals surface area contributed by atoms with Crippen molar-refractivity contribution in [3.8, 4) is 5.82 Å². The number of nitrogens with zero attached hydrogens (tertiary/aromatic N) is 9. The van der Waals surface area contributed by atoms with Gasteiger partial charge in [0.2, 0.25) is 11.6 Å². The predicted molar refractivity (Wildman–Crippen MR) is 116 cm³/mol. The van der Waals surface area contributed by atoms with Crippen molar-refractivity contribution < 1.29 is 9.42 Å². The Bertz CT molecular complexity index is 1300. The largest absolute Gasteiger partial charge is 0.378 e. The highest BCUT2D eigenvalue weighted by Gasteiger charge is 2.24. The molecule has 16 heteroatoms. The molecule has 13 nitrogen and oxygen atoms in total. The molecule has 0 fully saturated rings. The topological polar surface area (TPSA) is 168 Å². The molecule has 0 atom stereocenters. The van der Waals surface area contributed by atoms with Crippen LogP contribution in [-0.2, 0) is 12.8 Å². The number of halogens is 2. The summed E-state index contributed by atoms with van der Waals surface area (Å²) in [4.78, 5) is 12.8. The van der Waals surface area contributed by atoms with E-state index in [1.54, 1.807) is 36.1 Å². The standard InChI is InChI=1S/C16H13Cl2N11O2S/c1-28-7-21-24-16(28)32-6-11-12(22-27-29(11)14-13(19)25-31-26-14)15(30)23-20-5-8-2-3-9(17)4-10(8)18/h2-5,7H,6H2,1H3,(H2,19,25)(H,23,30)/b20-5+. The monoisotopic (exact) mass is 493 g/mol. The highest BCUT2D eigenvalue weighted by molar-refractivity contribution is 7.98. The van der Waals surface area contributed by atoms with E-state index in [4.69, 9.17) is 28.9 Å². The third kappa shape index (κ3) is 4.56. The number of hydrazone groups is 1. The van der Waals surface area contributed by atoms with Gasteiger partial charge in [0.05, 0.1) is 16.9 Å². The summed E-state index contributed by atoms with van der Waals surface area (Å²) in [6.45, 7) is 0. The number of nitrogens with two attached hydrogens (primary N) is 1. The summed E-state index contributed by atoms with van der Waals surface area (Å²) >= 11 is 13.3. The Morgan fingerprint density at radius 1 is 1.34 bits per heavy atom. The molecule has 4 aromatic rings. The van der Waals surface area contributed by atoms with E-state index in [9.17, 15) is 4.79 Å². The number of hydrogen-bond acceptors (Lipinski definition) is 11. The SMILES string of the molecule is Cn1cnnc1SCc1c(C(=O)N/N=C/c2ccc(Cl)cc2Cl)nnn1-c1nonc1N. The molecule has 0 aliphatic carbocycles. The van der Waals surface area contributed by atoms with Crippen LogP contribution in [0.3, 0.4) is 0 Å². The third-order valence-corrected chi connectivity index (χ3v) is 5.62. The molecule has 4 rings (SSSR count). The molecular formula is C16H13Cl2N11O2S. The first kappa shape index (κ1) is 21.7. The number of aromatic nitrogens is 8. The molecule has 1 amide bonds. The number of benzene rings is 1. The van der Waals surface area contributed by atoms with E-state index in [1.165, 1.54) is 22.7 Å². The van der Waals surface area contributed by atoms with Gasteiger partial charge in [-0.1, -0.05) is 46.2 Å². The van der Waals surface area contributed by atoms with Gasteiger partial charge in [-0.3, -0.25) is 4.79 Å². The third-order valence-electron chi connectivity index (χ3n) is 4.01. The van der Waals surface area contributed by atoms with Gasteiger partial charge in [0.1, 0.15) is 6.33 Å². The maximum atomic E-state index is 12.8. The van der Waals surface area contributed by atoms with Crippen molar-refractivity contribution in [2.75, 3.05) is 5.73 Å². The number of rotatable bonds is 7. The van der Waals surface area contributed by atoms with E-state index < -0.39 is 5.91 Å². The van der Waals surface area contributed by atoms with E-state index in [1.807, 2.05) is 0 Å². The van der Waals surface area contributed by atoms with Gasteiger partial charge in [0, 0.05) is 23.4 Å². The van der Waals surface area contributed by atoms with Crippen LogP contribution in [0.5, 0.6) is 0 Å². The molecule has 32 heavy (non-hydrogen) atoms. The van der Waals surface area contributed by atoms with Crippen molar-refractivity contribution >= 4 is 52.9 Å². The van der Waals surface area contributed by atoms with Crippen molar-refractivity contribution in [2.24, 2.45) is 12.1 Å². The average Bonchev–Trinajstić information content (AvgIpc) is 3.47. The fourth-order valence-corrected chi connectivity index (χ4v) is 3.81. The maximum Gasteiger partial charge on any atom is 0.293 e. The summed E-state index contributed by atoms with van der Waals surface area (Å²) in [7, 11) is 1.79. The van der Waals surface area contributed by atoms with Gasteiger partial charge in [-0.2, -0.15) is 9.78 Å². The van der Waals surface area contributed by atoms with Crippen LogP contribution in [-0.4, -0.2) is 52.2 Å². The molecule has 0 aliphatic heterocycles. The predicted octanol–water partition coefficient (Wildman–Crippen LogP) is 1.72. The lowest BCUT2D eigenvalue weighted by molar-refractivity contribution is 0.0949. The van der Waals surface area contributed by atoms with E-state index in [2.05, 4.69) is 46.0 Å². The Morgan fingerprint density at radius 3 is 2.88 bits per heavy atom. The van der Waals surface area contributed by atoms with Crippen molar-refractivity contribution in [1.29, 1.82) is 0 Å².